The van der Waals surface area contributed by atoms with Crippen LogP contribution in [0.15, 0.2) is 24.3 Å². The minimum Gasteiger partial charge on any atom is -0.493 e. The van der Waals surface area contributed by atoms with Gasteiger partial charge in [0.2, 0.25) is 0 Å². The second kappa shape index (κ2) is 8.31. The first kappa shape index (κ1) is 20.6. The molecule has 3 aliphatic rings. The number of methoxy groups -OCH3 is 1. The van der Waals surface area contributed by atoms with Crippen molar-refractivity contribution in [3.63, 3.8) is 0 Å². The summed E-state index contributed by atoms with van der Waals surface area (Å²) in [6.07, 6.45) is 6.94. The highest BCUT2D eigenvalue weighted by Crippen LogP contribution is 2.50. The smallest absolute Gasteiger partial charge is 0.339 e. The van der Waals surface area contributed by atoms with Crippen molar-refractivity contribution in [2.75, 3.05) is 13.7 Å². The Balaban J connectivity index is 1.73. The van der Waals surface area contributed by atoms with Crippen molar-refractivity contribution in [1.82, 2.24) is 0 Å². The number of aryl methyl sites for hydroxylation is 2. The van der Waals surface area contributed by atoms with Gasteiger partial charge >= 0.3 is 5.97 Å². The zero-order chi connectivity index (χ0) is 21.5. The van der Waals surface area contributed by atoms with E-state index < -0.39 is 6.10 Å². The highest BCUT2D eigenvalue weighted by molar-refractivity contribution is 5.85. The molecule has 1 aliphatic heterocycles. The second-order valence-electron chi connectivity index (χ2n) is 9.18. The topological polar surface area (TPSA) is 44.8 Å². The summed E-state index contributed by atoms with van der Waals surface area (Å²) in [5.74, 6) is 1.25. The first-order valence-electron chi connectivity index (χ1n) is 11.8. The molecule has 4 heteroatoms. The van der Waals surface area contributed by atoms with Gasteiger partial charge in [-0.05, 0) is 103 Å². The highest BCUT2D eigenvalue weighted by atomic mass is 16.6. The molecule has 164 valence electrons. The summed E-state index contributed by atoms with van der Waals surface area (Å²) in [6, 6.07) is 8.91. The number of hydrogen-bond acceptors (Lipinski definition) is 4. The van der Waals surface area contributed by atoms with E-state index in [1.165, 1.54) is 47.8 Å². The quantitative estimate of drug-likeness (QED) is 0.530. The fourth-order valence-corrected chi connectivity index (χ4v) is 4.88. The Labute approximate surface area is 184 Å². The molecule has 1 heterocycles. The summed E-state index contributed by atoms with van der Waals surface area (Å²) in [5, 5.41) is 0. The number of benzene rings is 2. The van der Waals surface area contributed by atoms with Gasteiger partial charge < -0.3 is 14.2 Å². The Bertz CT molecular complexity index is 1000. The zero-order valence-electron chi connectivity index (χ0n) is 18.8. The van der Waals surface area contributed by atoms with Crippen molar-refractivity contribution in [2.24, 2.45) is 0 Å². The van der Waals surface area contributed by atoms with Crippen LogP contribution in [0.1, 0.15) is 78.9 Å². The fourth-order valence-electron chi connectivity index (χ4n) is 4.88. The van der Waals surface area contributed by atoms with Crippen LogP contribution in [-0.4, -0.2) is 25.8 Å². The Morgan fingerprint density at radius 1 is 1.19 bits per heavy atom. The molecule has 2 fully saturated rings. The van der Waals surface area contributed by atoms with Crippen LogP contribution < -0.4 is 4.74 Å². The lowest BCUT2D eigenvalue weighted by Crippen LogP contribution is -2.22. The van der Waals surface area contributed by atoms with E-state index in [2.05, 4.69) is 38.1 Å². The molecule has 0 aromatic heterocycles. The molecule has 0 bridgehead atoms. The molecule has 4 nitrogen and oxygen atoms in total. The van der Waals surface area contributed by atoms with Crippen LogP contribution in [0.3, 0.4) is 0 Å². The van der Waals surface area contributed by atoms with E-state index in [4.69, 9.17) is 14.2 Å². The lowest BCUT2D eigenvalue weighted by atomic mass is 9.82. The van der Waals surface area contributed by atoms with E-state index in [1.54, 1.807) is 0 Å². The van der Waals surface area contributed by atoms with E-state index >= 15 is 0 Å². The van der Waals surface area contributed by atoms with Crippen LogP contribution in [0.5, 0.6) is 5.75 Å². The van der Waals surface area contributed by atoms with Crippen molar-refractivity contribution in [1.29, 1.82) is 0 Å². The number of hydrogen-bond donors (Lipinski definition) is 0. The number of carbonyl (C=O) groups is 1. The first-order chi connectivity index (χ1) is 15.1. The normalized spacial score (nSPS) is 18.8. The molecule has 0 amide bonds. The summed E-state index contributed by atoms with van der Waals surface area (Å²) in [7, 11) is 1.46. The van der Waals surface area contributed by atoms with Crippen LogP contribution in [-0.2, 0) is 27.1 Å². The summed E-state index contributed by atoms with van der Waals surface area (Å²) >= 11 is 0. The number of rotatable bonds is 7. The second-order valence-corrected chi connectivity index (χ2v) is 9.18. The van der Waals surface area contributed by atoms with Crippen LogP contribution in [0.4, 0.5) is 0 Å². The van der Waals surface area contributed by atoms with Crippen LogP contribution in [0.2, 0.25) is 0 Å². The SMILES string of the molecule is CCc1cc(C2CC2)c(-c2ccc3c(c2)CCCO3)c(C(OC2CC2)C(=O)OC)c1C. The largest absolute Gasteiger partial charge is 0.493 e. The van der Waals surface area contributed by atoms with Crippen molar-refractivity contribution >= 4 is 5.97 Å². The van der Waals surface area contributed by atoms with Gasteiger partial charge in [-0.25, -0.2) is 4.79 Å². The predicted molar refractivity (Wildman–Crippen MR) is 121 cm³/mol. The van der Waals surface area contributed by atoms with Crippen molar-refractivity contribution in [3.05, 3.63) is 52.1 Å². The molecule has 2 aromatic carbocycles. The molecule has 0 radical (unpaired) electrons. The third-order valence-corrected chi connectivity index (χ3v) is 6.90. The molecule has 2 aliphatic carbocycles. The Morgan fingerprint density at radius 3 is 2.68 bits per heavy atom. The molecule has 1 unspecified atom stereocenters. The van der Waals surface area contributed by atoms with Gasteiger partial charge in [0.1, 0.15) is 5.75 Å². The highest BCUT2D eigenvalue weighted by Gasteiger charge is 2.37. The molecule has 2 aromatic rings. The lowest BCUT2D eigenvalue weighted by Gasteiger charge is -2.27. The maximum atomic E-state index is 13.0. The molecular weight excluding hydrogens is 388 g/mol. The summed E-state index contributed by atoms with van der Waals surface area (Å²) < 4.78 is 17.4. The fraction of sp³-hybridized carbons (Fsp3) is 0.519. The third-order valence-electron chi connectivity index (χ3n) is 6.90. The zero-order valence-corrected chi connectivity index (χ0v) is 18.8. The van der Waals surface area contributed by atoms with Crippen LogP contribution in [0, 0.1) is 6.92 Å². The minimum absolute atomic E-state index is 0.156. The summed E-state index contributed by atoms with van der Waals surface area (Å²) in [6.45, 7) is 5.12. The van der Waals surface area contributed by atoms with Gasteiger partial charge in [0, 0.05) is 5.56 Å². The average molecular weight is 421 g/mol. The molecule has 0 saturated heterocycles. The first-order valence-corrected chi connectivity index (χ1v) is 11.8. The van der Waals surface area contributed by atoms with Crippen molar-refractivity contribution in [3.8, 4) is 16.9 Å². The van der Waals surface area contributed by atoms with Gasteiger partial charge in [-0.1, -0.05) is 19.1 Å². The minimum atomic E-state index is -0.677. The number of carbonyl (C=O) groups excluding carboxylic acids is 1. The van der Waals surface area contributed by atoms with Gasteiger partial charge in [0.15, 0.2) is 6.10 Å². The van der Waals surface area contributed by atoms with Crippen LogP contribution in [0.25, 0.3) is 11.1 Å². The number of esters is 1. The van der Waals surface area contributed by atoms with Gasteiger partial charge in [0.05, 0.1) is 19.8 Å². The van der Waals surface area contributed by atoms with E-state index in [9.17, 15) is 4.79 Å². The van der Waals surface area contributed by atoms with E-state index in [1.807, 2.05) is 0 Å². The maximum Gasteiger partial charge on any atom is 0.339 e. The van der Waals surface area contributed by atoms with Gasteiger partial charge in [0.25, 0.3) is 0 Å². The molecular formula is C27H32O4. The molecule has 0 spiro atoms. The van der Waals surface area contributed by atoms with Gasteiger partial charge in [-0.2, -0.15) is 0 Å². The van der Waals surface area contributed by atoms with E-state index in [0.717, 1.165) is 55.6 Å². The Hall–Kier alpha value is -2.33. The van der Waals surface area contributed by atoms with Crippen molar-refractivity contribution in [2.45, 2.75) is 76.9 Å². The van der Waals surface area contributed by atoms with Gasteiger partial charge in [-0.15, -0.1) is 0 Å². The predicted octanol–water partition coefficient (Wildman–Crippen LogP) is 5.82. The summed E-state index contributed by atoms with van der Waals surface area (Å²) in [5.41, 5.74) is 8.44. The molecule has 1 atom stereocenters. The molecule has 2 saturated carbocycles. The van der Waals surface area contributed by atoms with E-state index in [0.29, 0.717) is 5.92 Å². The third kappa shape index (κ3) is 3.98. The Morgan fingerprint density at radius 2 is 2.00 bits per heavy atom. The van der Waals surface area contributed by atoms with Gasteiger partial charge in [-0.3, -0.25) is 0 Å². The van der Waals surface area contributed by atoms with Crippen LogP contribution >= 0.6 is 0 Å². The summed E-state index contributed by atoms with van der Waals surface area (Å²) in [4.78, 5) is 13.0. The molecule has 0 N–H and O–H groups in total. The average Bonchev–Trinajstić information content (AvgIpc) is 3.71. The monoisotopic (exact) mass is 420 g/mol. The maximum absolute atomic E-state index is 13.0. The molecule has 5 rings (SSSR count). The standard InChI is InChI=1S/C27H32O4/c1-4-17-15-22(18-7-8-18)25(20-9-12-23-19(14-20)6-5-13-30-23)24(16(17)2)26(27(28)29-3)31-21-10-11-21/h9,12,14-15,18,21,26H,4-8,10-11,13H2,1-3H3. The van der Waals surface area contributed by atoms with Crippen molar-refractivity contribution < 1.29 is 19.0 Å². The molecule has 31 heavy (non-hydrogen) atoms. The van der Waals surface area contributed by atoms with E-state index in [-0.39, 0.29) is 12.1 Å². The lowest BCUT2D eigenvalue weighted by molar-refractivity contribution is -0.155. The Kier molecular flexibility index (Phi) is 5.51. The number of fused-ring (bicyclic) bond motifs is 1. The number of ether oxygens (including phenoxy) is 3.